The van der Waals surface area contributed by atoms with E-state index in [0.717, 1.165) is 0 Å². The van der Waals surface area contributed by atoms with E-state index < -0.39 is 70.0 Å². The number of ether oxygens (including phenoxy) is 2. The summed E-state index contributed by atoms with van der Waals surface area (Å²) in [6.45, 7) is 0. The summed E-state index contributed by atoms with van der Waals surface area (Å²) in [6.07, 6.45) is -2.44. The van der Waals surface area contributed by atoms with E-state index in [9.17, 15) is 44.3 Å². The molecule has 0 saturated carbocycles. The zero-order valence-corrected chi connectivity index (χ0v) is 11.2. The quantitative estimate of drug-likeness (QED) is 0.254. The highest BCUT2D eigenvalue weighted by atomic mass is 19.2. The maximum atomic E-state index is 13.3. The van der Waals surface area contributed by atoms with Gasteiger partial charge in [-0.3, -0.25) is 0 Å². The molecule has 0 saturated heterocycles. The maximum Gasteiger partial charge on any atom is 0.519 e. The Bertz CT molecular complexity index is 827. The lowest BCUT2D eigenvalue weighted by molar-refractivity contribution is 0.141. The van der Waals surface area contributed by atoms with Crippen molar-refractivity contribution in [3.8, 4) is 11.5 Å². The number of carbonyl (C=O) groups is 1. The fourth-order valence-corrected chi connectivity index (χ4v) is 1.50. The topological polar surface area (TPSA) is 35.5 Å². The van der Waals surface area contributed by atoms with Gasteiger partial charge in [-0.05, 0) is 0 Å². The first-order valence-corrected chi connectivity index (χ1v) is 5.80. The number of rotatable bonds is 2. The van der Waals surface area contributed by atoms with Gasteiger partial charge < -0.3 is 9.47 Å². The van der Waals surface area contributed by atoms with E-state index in [2.05, 4.69) is 9.47 Å². The van der Waals surface area contributed by atoms with Crippen LogP contribution in [0.3, 0.4) is 0 Å². The Hall–Kier alpha value is -2.92. The molecule has 0 unspecified atom stereocenters. The van der Waals surface area contributed by atoms with Crippen LogP contribution >= 0.6 is 0 Å². The molecule has 12 heteroatoms. The highest BCUT2D eigenvalue weighted by Crippen LogP contribution is 2.31. The standard InChI is InChI=1S/C13HF9O3/c14-2-1-3(15)5(17)11(4(2)16)24-13(23)25-12-9(21)7(19)6(18)8(20)10(12)22/h1H. The molecule has 0 amide bonds. The Morgan fingerprint density at radius 2 is 0.880 bits per heavy atom. The number of carbonyl (C=O) groups excluding carboxylic acids is 1. The molecule has 2 aromatic carbocycles. The average Bonchev–Trinajstić information content (AvgIpc) is 2.57. The van der Waals surface area contributed by atoms with Gasteiger partial charge in [-0.2, -0.15) is 17.6 Å². The van der Waals surface area contributed by atoms with Crippen LogP contribution in [-0.2, 0) is 0 Å². The summed E-state index contributed by atoms with van der Waals surface area (Å²) in [6, 6.07) is -0.243. The van der Waals surface area contributed by atoms with E-state index in [1.54, 1.807) is 0 Å². The SMILES string of the molecule is O=C(Oc1c(F)c(F)cc(F)c1F)Oc1c(F)c(F)c(F)c(F)c1F. The third-order valence-electron chi connectivity index (χ3n) is 2.61. The summed E-state index contributed by atoms with van der Waals surface area (Å²) < 4.78 is 125. The summed E-state index contributed by atoms with van der Waals surface area (Å²) in [5.41, 5.74) is 0. The van der Waals surface area contributed by atoms with Crippen molar-refractivity contribution in [3.05, 3.63) is 58.4 Å². The molecule has 0 bridgehead atoms. The van der Waals surface area contributed by atoms with Crippen molar-refractivity contribution >= 4 is 6.16 Å². The monoisotopic (exact) mass is 376 g/mol. The molecule has 25 heavy (non-hydrogen) atoms. The van der Waals surface area contributed by atoms with Crippen molar-refractivity contribution in [3.63, 3.8) is 0 Å². The molecule has 0 aliphatic heterocycles. The van der Waals surface area contributed by atoms with Gasteiger partial charge in [0.05, 0.1) is 0 Å². The van der Waals surface area contributed by atoms with Gasteiger partial charge in [0.2, 0.25) is 52.2 Å². The molecule has 0 N–H and O–H groups in total. The first-order valence-electron chi connectivity index (χ1n) is 5.80. The van der Waals surface area contributed by atoms with Gasteiger partial charge in [0.15, 0.2) is 11.6 Å². The minimum absolute atomic E-state index is 0.243. The van der Waals surface area contributed by atoms with E-state index in [4.69, 9.17) is 0 Å². The highest BCUT2D eigenvalue weighted by Gasteiger charge is 2.30. The summed E-state index contributed by atoms with van der Waals surface area (Å²) in [7, 11) is 0. The lowest BCUT2D eigenvalue weighted by Crippen LogP contribution is -2.19. The van der Waals surface area contributed by atoms with Crippen molar-refractivity contribution < 1.29 is 53.8 Å². The smallest absolute Gasteiger partial charge is 0.388 e. The fourth-order valence-electron chi connectivity index (χ4n) is 1.50. The maximum absolute atomic E-state index is 13.3. The van der Waals surface area contributed by atoms with E-state index in [0.29, 0.717) is 0 Å². The van der Waals surface area contributed by atoms with E-state index >= 15 is 0 Å². The first kappa shape index (κ1) is 18.4. The molecule has 0 aliphatic carbocycles. The molecule has 2 rings (SSSR count). The molecule has 0 atom stereocenters. The largest absolute Gasteiger partial charge is 0.519 e. The minimum atomic E-state index is -2.57. The molecule has 0 radical (unpaired) electrons. The molecule has 0 aromatic heterocycles. The summed E-state index contributed by atoms with van der Waals surface area (Å²) in [5, 5.41) is 0. The third-order valence-corrected chi connectivity index (χ3v) is 2.61. The first-order chi connectivity index (χ1) is 11.6. The van der Waals surface area contributed by atoms with E-state index in [-0.39, 0.29) is 6.07 Å². The Balaban J connectivity index is 2.38. The molecular formula is C13HF9O3. The second kappa shape index (κ2) is 6.53. The molecule has 0 spiro atoms. The van der Waals surface area contributed by atoms with Crippen LogP contribution in [0.15, 0.2) is 6.07 Å². The van der Waals surface area contributed by atoms with Crippen molar-refractivity contribution in [1.29, 1.82) is 0 Å². The number of hydrogen-bond acceptors (Lipinski definition) is 3. The Morgan fingerprint density at radius 1 is 0.560 bits per heavy atom. The lowest BCUT2D eigenvalue weighted by atomic mass is 10.2. The predicted molar refractivity (Wildman–Crippen MR) is 59.2 cm³/mol. The summed E-state index contributed by atoms with van der Waals surface area (Å²) >= 11 is 0. The average molecular weight is 376 g/mol. The second-order valence-electron chi connectivity index (χ2n) is 4.15. The van der Waals surface area contributed by atoms with Crippen LogP contribution in [0.25, 0.3) is 0 Å². The molecule has 0 heterocycles. The number of benzene rings is 2. The molecule has 3 nitrogen and oxygen atoms in total. The number of hydrogen-bond donors (Lipinski definition) is 0. The van der Waals surface area contributed by atoms with Gasteiger partial charge in [-0.25, -0.2) is 26.7 Å². The minimum Gasteiger partial charge on any atom is -0.388 e. The van der Waals surface area contributed by atoms with Crippen molar-refractivity contribution in [2.75, 3.05) is 0 Å². The summed E-state index contributed by atoms with van der Waals surface area (Å²) in [4.78, 5) is 11.2. The molecule has 2 aromatic rings. The molecule has 0 aliphatic rings. The highest BCUT2D eigenvalue weighted by molar-refractivity contribution is 5.67. The van der Waals surface area contributed by atoms with Crippen molar-refractivity contribution in [1.82, 2.24) is 0 Å². The molecule has 0 fully saturated rings. The normalized spacial score (nSPS) is 10.8. The van der Waals surface area contributed by atoms with Crippen LogP contribution in [0.1, 0.15) is 0 Å². The predicted octanol–water partition coefficient (Wildman–Crippen LogP) is 4.52. The summed E-state index contributed by atoms with van der Waals surface area (Å²) in [5.74, 6) is -25.3. The molecule has 134 valence electrons. The van der Waals surface area contributed by atoms with Gasteiger partial charge in [0, 0.05) is 6.07 Å². The van der Waals surface area contributed by atoms with Crippen LogP contribution in [-0.4, -0.2) is 6.16 Å². The van der Waals surface area contributed by atoms with Crippen LogP contribution in [0, 0.1) is 52.4 Å². The zero-order valence-electron chi connectivity index (χ0n) is 11.2. The fraction of sp³-hybridized carbons (Fsp3) is 0. The van der Waals surface area contributed by atoms with Crippen LogP contribution in [0.5, 0.6) is 11.5 Å². The van der Waals surface area contributed by atoms with Gasteiger partial charge in [-0.15, -0.1) is 0 Å². The van der Waals surface area contributed by atoms with Crippen LogP contribution in [0.4, 0.5) is 44.3 Å². The van der Waals surface area contributed by atoms with Crippen LogP contribution < -0.4 is 9.47 Å². The lowest BCUT2D eigenvalue weighted by Gasteiger charge is -2.10. The third kappa shape index (κ3) is 3.19. The van der Waals surface area contributed by atoms with Gasteiger partial charge in [-0.1, -0.05) is 0 Å². The van der Waals surface area contributed by atoms with E-state index in [1.807, 2.05) is 0 Å². The molecular weight excluding hydrogens is 375 g/mol. The van der Waals surface area contributed by atoms with Crippen molar-refractivity contribution in [2.45, 2.75) is 0 Å². The van der Waals surface area contributed by atoms with Gasteiger partial charge in [0.25, 0.3) is 0 Å². The van der Waals surface area contributed by atoms with Crippen molar-refractivity contribution in [2.24, 2.45) is 0 Å². The van der Waals surface area contributed by atoms with Crippen LogP contribution in [0.2, 0.25) is 0 Å². The second-order valence-corrected chi connectivity index (χ2v) is 4.15. The Kier molecular flexibility index (Phi) is 4.81. The zero-order chi connectivity index (χ0) is 19.0. The Labute approximate surface area is 131 Å². The van der Waals surface area contributed by atoms with Gasteiger partial charge in [0.1, 0.15) is 0 Å². The Morgan fingerprint density at radius 3 is 1.28 bits per heavy atom. The van der Waals surface area contributed by atoms with Gasteiger partial charge >= 0.3 is 6.16 Å². The number of halogens is 9. The van der Waals surface area contributed by atoms with E-state index in [1.165, 1.54) is 0 Å².